The lowest BCUT2D eigenvalue weighted by Crippen LogP contribution is -2.42. The molecule has 0 bridgehead atoms. The highest BCUT2D eigenvalue weighted by Crippen LogP contribution is 2.38. The minimum atomic E-state index is -0.965. The van der Waals surface area contributed by atoms with Crippen LogP contribution in [0.15, 0.2) is 42.0 Å². The Morgan fingerprint density at radius 2 is 1.79 bits per heavy atom. The van der Waals surface area contributed by atoms with E-state index in [4.69, 9.17) is 9.47 Å². The van der Waals surface area contributed by atoms with Gasteiger partial charge in [0.15, 0.2) is 0 Å². The number of aliphatic hydroxyl groups is 1. The fourth-order valence-corrected chi connectivity index (χ4v) is 3.00. The molecule has 5 heteroatoms. The Kier molecular flexibility index (Phi) is 5.44. The molecule has 1 aromatic rings. The van der Waals surface area contributed by atoms with Gasteiger partial charge in [0, 0.05) is 12.3 Å². The summed E-state index contributed by atoms with van der Waals surface area (Å²) in [7, 11) is 0. The van der Waals surface area contributed by atoms with E-state index in [1.807, 2.05) is 19.9 Å². The van der Waals surface area contributed by atoms with Crippen LogP contribution in [-0.4, -0.2) is 35.4 Å². The number of hydrogen-bond donors (Lipinski definition) is 1. The molecule has 1 aliphatic rings. The second kappa shape index (κ2) is 7.18. The van der Waals surface area contributed by atoms with Gasteiger partial charge in [0.2, 0.25) is 0 Å². The molecule has 0 heterocycles. The van der Waals surface area contributed by atoms with E-state index in [9.17, 15) is 14.7 Å². The van der Waals surface area contributed by atoms with Gasteiger partial charge in [0.05, 0.1) is 5.56 Å². The van der Waals surface area contributed by atoms with Gasteiger partial charge in [-0.15, -0.1) is 0 Å². The quantitative estimate of drug-likeness (QED) is 0.680. The van der Waals surface area contributed by atoms with Crippen LogP contribution >= 0.6 is 0 Å². The molecule has 0 saturated heterocycles. The molecular formula is C19H24O5. The van der Waals surface area contributed by atoms with Crippen LogP contribution in [-0.2, 0) is 14.3 Å². The van der Waals surface area contributed by atoms with Crippen molar-refractivity contribution in [3.63, 3.8) is 0 Å². The van der Waals surface area contributed by atoms with Crippen molar-refractivity contribution in [1.29, 1.82) is 0 Å². The normalized spacial score (nSPS) is 26.0. The van der Waals surface area contributed by atoms with Gasteiger partial charge in [0.1, 0.15) is 18.3 Å². The highest BCUT2D eigenvalue weighted by atomic mass is 16.6. The predicted octanol–water partition coefficient (Wildman–Crippen LogP) is 2.88. The monoisotopic (exact) mass is 332 g/mol. The Morgan fingerprint density at radius 3 is 2.38 bits per heavy atom. The van der Waals surface area contributed by atoms with Crippen molar-refractivity contribution in [2.45, 2.75) is 52.4 Å². The van der Waals surface area contributed by atoms with Crippen molar-refractivity contribution >= 4 is 11.9 Å². The molecule has 0 spiro atoms. The third-order valence-electron chi connectivity index (χ3n) is 4.29. The van der Waals surface area contributed by atoms with E-state index in [1.54, 1.807) is 37.3 Å². The maximum atomic E-state index is 12.4. The summed E-state index contributed by atoms with van der Waals surface area (Å²) < 4.78 is 11.0. The molecule has 0 aromatic heterocycles. The van der Waals surface area contributed by atoms with E-state index in [2.05, 4.69) is 0 Å². The van der Waals surface area contributed by atoms with Crippen molar-refractivity contribution in [3.05, 3.63) is 47.5 Å². The van der Waals surface area contributed by atoms with E-state index in [-0.39, 0.29) is 5.97 Å². The summed E-state index contributed by atoms with van der Waals surface area (Å²) >= 11 is 0. The van der Waals surface area contributed by atoms with Crippen LogP contribution in [0, 0.1) is 5.41 Å². The van der Waals surface area contributed by atoms with Gasteiger partial charge in [-0.25, -0.2) is 4.79 Å². The molecule has 0 fully saturated rings. The zero-order chi connectivity index (χ0) is 17.9. The highest BCUT2D eigenvalue weighted by Gasteiger charge is 2.42. The first-order valence-electron chi connectivity index (χ1n) is 8.00. The average Bonchev–Trinajstić information content (AvgIpc) is 2.57. The van der Waals surface area contributed by atoms with Crippen molar-refractivity contribution in [3.8, 4) is 0 Å². The standard InChI is InChI=1S/C19H24O5/c1-12-10-15(21)17(19(3,4)11-16(12)23-13(2)20)24-18(22)14-8-6-5-7-9-14/h5-10,15-17,21H,11H2,1-4H3. The summed E-state index contributed by atoms with van der Waals surface area (Å²) in [5.74, 6) is -0.859. The largest absolute Gasteiger partial charge is 0.458 e. The number of hydrogen-bond acceptors (Lipinski definition) is 5. The number of ether oxygens (including phenoxy) is 2. The summed E-state index contributed by atoms with van der Waals surface area (Å²) in [6, 6.07) is 8.66. The van der Waals surface area contributed by atoms with Crippen LogP contribution in [0.2, 0.25) is 0 Å². The first-order chi connectivity index (χ1) is 11.2. The van der Waals surface area contributed by atoms with Gasteiger partial charge in [-0.1, -0.05) is 32.0 Å². The fourth-order valence-electron chi connectivity index (χ4n) is 3.00. The van der Waals surface area contributed by atoms with Gasteiger partial charge in [-0.05, 0) is 37.1 Å². The SMILES string of the molecule is CC(=O)OC1CC(C)(C)C(OC(=O)c2ccccc2)C(O)C=C1C. The minimum absolute atomic E-state index is 0.377. The molecule has 1 aliphatic carbocycles. The molecule has 1 N–H and O–H groups in total. The number of rotatable bonds is 3. The Balaban J connectivity index is 2.23. The van der Waals surface area contributed by atoms with Gasteiger partial charge in [-0.3, -0.25) is 4.79 Å². The Hall–Kier alpha value is -2.14. The maximum absolute atomic E-state index is 12.4. The van der Waals surface area contributed by atoms with E-state index in [0.29, 0.717) is 12.0 Å². The van der Waals surface area contributed by atoms with Crippen molar-refractivity contribution < 1.29 is 24.2 Å². The molecule has 0 saturated carbocycles. The predicted molar refractivity (Wildman–Crippen MR) is 89.4 cm³/mol. The van der Waals surface area contributed by atoms with Crippen LogP contribution in [0.4, 0.5) is 0 Å². The summed E-state index contributed by atoms with van der Waals surface area (Å²) in [4.78, 5) is 23.7. The average molecular weight is 332 g/mol. The van der Waals surface area contributed by atoms with Gasteiger partial charge in [0.25, 0.3) is 0 Å². The van der Waals surface area contributed by atoms with Gasteiger partial charge in [-0.2, -0.15) is 0 Å². The summed E-state index contributed by atoms with van der Waals surface area (Å²) in [5.41, 5.74) is 0.615. The van der Waals surface area contributed by atoms with Gasteiger partial charge >= 0.3 is 11.9 Å². The smallest absolute Gasteiger partial charge is 0.338 e. The van der Waals surface area contributed by atoms with Crippen LogP contribution in [0.3, 0.4) is 0 Å². The lowest BCUT2D eigenvalue weighted by Gasteiger charge is -2.35. The fraction of sp³-hybridized carbons (Fsp3) is 0.474. The zero-order valence-electron chi connectivity index (χ0n) is 14.5. The third-order valence-corrected chi connectivity index (χ3v) is 4.29. The molecule has 1 aromatic carbocycles. The van der Waals surface area contributed by atoms with E-state index >= 15 is 0 Å². The molecular weight excluding hydrogens is 308 g/mol. The van der Waals surface area contributed by atoms with E-state index in [0.717, 1.165) is 5.57 Å². The van der Waals surface area contributed by atoms with E-state index in [1.165, 1.54) is 6.92 Å². The van der Waals surface area contributed by atoms with Crippen LogP contribution in [0.1, 0.15) is 44.5 Å². The molecule has 130 valence electrons. The van der Waals surface area contributed by atoms with Crippen molar-refractivity contribution in [1.82, 2.24) is 0 Å². The molecule has 24 heavy (non-hydrogen) atoms. The van der Waals surface area contributed by atoms with E-state index < -0.39 is 29.7 Å². The maximum Gasteiger partial charge on any atom is 0.338 e. The lowest BCUT2D eigenvalue weighted by atomic mass is 9.80. The first-order valence-corrected chi connectivity index (χ1v) is 8.00. The first kappa shape index (κ1) is 18.2. The number of carbonyl (C=O) groups is 2. The van der Waals surface area contributed by atoms with Crippen LogP contribution in [0.5, 0.6) is 0 Å². The lowest BCUT2D eigenvalue weighted by molar-refractivity contribution is -0.146. The summed E-state index contributed by atoms with van der Waals surface area (Å²) in [6.07, 6.45) is -0.0780. The topological polar surface area (TPSA) is 72.8 Å². The molecule has 0 aliphatic heterocycles. The van der Waals surface area contributed by atoms with Crippen LogP contribution < -0.4 is 0 Å². The van der Waals surface area contributed by atoms with Crippen molar-refractivity contribution in [2.24, 2.45) is 5.41 Å². The molecule has 3 atom stereocenters. The highest BCUT2D eigenvalue weighted by molar-refractivity contribution is 5.89. The summed E-state index contributed by atoms with van der Waals surface area (Å²) in [6.45, 7) is 6.94. The van der Waals surface area contributed by atoms with Crippen molar-refractivity contribution in [2.75, 3.05) is 0 Å². The Labute approximate surface area is 142 Å². The minimum Gasteiger partial charge on any atom is -0.458 e. The molecule has 0 radical (unpaired) electrons. The Morgan fingerprint density at radius 1 is 1.17 bits per heavy atom. The van der Waals surface area contributed by atoms with Gasteiger partial charge < -0.3 is 14.6 Å². The second-order valence-corrected chi connectivity index (χ2v) is 6.88. The van der Waals surface area contributed by atoms with Crippen LogP contribution in [0.25, 0.3) is 0 Å². The summed E-state index contributed by atoms with van der Waals surface area (Å²) in [5, 5.41) is 10.5. The Bertz CT molecular complexity index is 632. The number of esters is 2. The molecule has 5 nitrogen and oxygen atoms in total. The third kappa shape index (κ3) is 4.23. The second-order valence-electron chi connectivity index (χ2n) is 6.88. The molecule has 0 amide bonds. The molecule has 2 rings (SSSR count). The number of benzene rings is 1. The zero-order valence-corrected chi connectivity index (χ0v) is 14.5. The molecule has 3 unspecified atom stereocenters. The number of carbonyl (C=O) groups excluding carboxylic acids is 2. The number of aliphatic hydroxyl groups excluding tert-OH is 1.